The summed E-state index contributed by atoms with van der Waals surface area (Å²) in [6.07, 6.45) is -3.03. The number of rotatable bonds is 6. The van der Waals surface area contributed by atoms with Gasteiger partial charge in [-0.1, -0.05) is 17.7 Å². The number of halogens is 5. The number of hydrogen-bond acceptors (Lipinski definition) is 3. The Kier molecular flexibility index (Phi) is 7.24. The maximum Gasteiger partial charge on any atom is 0.416 e. The molecule has 0 radical (unpaired) electrons. The van der Waals surface area contributed by atoms with Crippen LogP contribution in [0.3, 0.4) is 0 Å². The van der Waals surface area contributed by atoms with Crippen LogP contribution in [0.15, 0.2) is 35.3 Å². The molecular formula is C20H19ClF4N2O2. The third-order valence-electron chi connectivity index (χ3n) is 4.14. The molecule has 156 valence electrons. The molecule has 29 heavy (non-hydrogen) atoms. The summed E-state index contributed by atoms with van der Waals surface area (Å²) in [6.45, 7) is 3.94. The number of aliphatic imine (C=N–C) groups is 1. The van der Waals surface area contributed by atoms with Gasteiger partial charge in [0, 0.05) is 19.2 Å². The minimum absolute atomic E-state index is 0.0549. The van der Waals surface area contributed by atoms with Crippen molar-refractivity contribution in [2.75, 3.05) is 13.6 Å². The van der Waals surface area contributed by atoms with E-state index in [1.807, 2.05) is 18.9 Å². The number of alkyl halides is 3. The topological polar surface area (TPSA) is 41.9 Å². The molecule has 0 amide bonds. The third kappa shape index (κ3) is 5.93. The van der Waals surface area contributed by atoms with Crippen LogP contribution in [0.4, 0.5) is 23.2 Å². The number of nitrogens with zero attached hydrogens (tertiary/aromatic N) is 2. The normalized spacial score (nSPS) is 11.7. The van der Waals surface area contributed by atoms with E-state index in [1.165, 1.54) is 12.1 Å². The molecule has 0 unspecified atom stereocenters. The average Bonchev–Trinajstić information content (AvgIpc) is 2.65. The quantitative estimate of drug-likeness (QED) is 0.253. The minimum atomic E-state index is -4.66. The van der Waals surface area contributed by atoms with E-state index in [0.717, 1.165) is 18.7 Å². The monoisotopic (exact) mass is 430 g/mol. The fraction of sp³-hybridized carbons (Fsp3) is 0.300. The van der Waals surface area contributed by atoms with Gasteiger partial charge >= 0.3 is 12.1 Å². The van der Waals surface area contributed by atoms with Crippen molar-refractivity contribution in [1.82, 2.24) is 4.90 Å². The molecule has 0 N–H and O–H groups in total. The first-order chi connectivity index (χ1) is 13.5. The molecule has 9 heteroatoms. The molecule has 2 rings (SSSR count). The second-order valence-electron chi connectivity index (χ2n) is 6.32. The lowest BCUT2D eigenvalue weighted by atomic mass is 10.1. The summed E-state index contributed by atoms with van der Waals surface area (Å²) in [6, 6.07) is 5.02. The fourth-order valence-corrected chi connectivity index (χ4v) is 2.51. The minimum Gasteiger partial charge on any atom is -0.457 e. The van der Waals surface area contributed by atoms with E-state index in [2.05, 4.69) is 4.99 Å². The number of ether oxygens (including phenoxy) is 1. The zero-order valence-corrected chi connectivity index (χ0v) is 16.7. The van der Waals surface area contributed by atoms with Gasteiger partial charge in [-0.25, -0.2) is 14.2 Å². The van der Waals surface area contributed by atoms with Gasteiger partial charge < -0.3 is 9.64 Å². The Morgan fingerprint density at radius 3 is 2.55 bits per heavy atom. The van der Waals surface area contributed by atoms with Crippen molar-refractivity contribution in [3.63, 3.8) is 0 Å². The highest BCUT2D eigenvalue weighted by Crippen LogP contribution is 2.31. The molecule has 0 aliphatic heterocycles. The molecule has 0 heterocycles. The zero-order valence-electron chi connectivity index (χ0n) is 16.0. The second kappa shape index (κ2) is 9.26. The smallest absolute Gasteiger partial charge is 0.416 e. The van der Waals surface area contributed by atoms with Crippen LogP contribution in [0.5, 0.6) is 0 Å². The van der Waals surface area contributed by atoms with E-state index in [4.69, 9.17) is 16.3 Å². The Balaban J connectivity index is 2.13. The van der Waals surface area contributed by atoms with Crippen LogP contribution in [0.25, 0.3) is 0 Å². The lowest BCUT2D eigenvalue weighted by Crippen LogP contribution is -2.14. The molecule has 4 nitrogen and oxygen atoms in total. The number of hydrogen-bond donors (Lipinski definition) is 0. The summed E-state index contributed by atoms with van der Waals surface area (Å²) in [4.78, 5) is 18.4. The van der Waals surface area contributed by atoms with Gasteiger partial charge in [-0.3, -0.25) is 0 Å². The molecule has 0 saturated heterocycles. The molecule has 0 aromatic heterocycles. The number of benzene rings is 2. The Hall–Kier alpha value is -2.61. The highest BCUT2D eigenvalue weighted by atomic mass is 35.5. The summed E-state index contributed by atoms with van der Waals surface area (Å²) in [5.41, 5.74) is -0.000597. The molecule has 2 aromatic rings. The largest absolute Gasteiger partial charge is 0.457 e. The first-order valence-electron chi connectivity index (χ1n) is 8.60. The van der Waals surface area contributed by atoms with Crippen molar-refractivity contribution in [2.24, 2.45) is 4.99 Å². The Morgan fingerprint density at radius 1 is 1.28 bits per heavy atom. The van der Waals surface area contributed by atoms with Gasteiger partial charge in [-0.2, -0.15) is 13.2 Å². The third-order valence-corrected chi connectivity index (χ3v) is 4.45. The molecule has 0 aliphatic rings. The maximum absolute atomic E-state index is 13.9. The fourth-order valence-electron chi connectivity index (χ4n) is 2.27. The number of aryl methyl sites for hydroxylation is 1. The molecule has 0 bridgehead atoms. The number of esters is 1. The first kappa shape index (κ1) is 22.7. The van der Waals surface area contributed by atoms with Gasteiger partial charge in [-0.15, -0.1) is 0 Å². The van der Waals surface area contributed by atoms with Crippen molar-refractivity contribution >= 4 is 29.6 Å². The Morgan fingerprint density at radius 2 is 1.97 bits per heavy atom. The van der Waals surface area contributed by atoms with Gasteiger partial charge in [0.05, 0.1) is 28.2 Å². The van der Waals surface area contributed by atoms with E-state index in [-0.39, 0.29) is 16.1 Å². The summed E-state index contributed by atoms with van der Waals surface area (Å²) in [5, 5.41) is 0.0970. The summed E-state index contributed by atoms with van der Waals surface area (Å²) in [7, 11) is 1.85. The van der Waals surface area contributed by atoms with E-state index in [1.54, 1.807) is 13.3 Å². The van der Waals surface area contributed by atoms with Crippen LogP contribution in [0, 0.1) is 12.7 Å². The van der Waals surface area contributed by atoms with Crippen LogP contribution in [0.1, 0.15) is 34.0 Å². The molecular weight excluding hydrogens is 412 g/mol. The summed E-state index contributed by atoms with van der Waals surface area (Å²) < 4.78 is 56.7. The zero-order chi connectivity index (χ0) is 21.8. The van der Waals surface area contributed by atoms with Gasteiger partial charge in [0.15, 0.2) is 0 Å². The molecule has 0 fully saturated rings. The van der Waals surface area contributed by atoms with E-state index in [0.29, 0.717) is 17.3 Å². The number of carbonyl (C=O) groups is 1. The highest BCUT2D eigenvalue weighted by molar-refractivity contribution is 6.33. The number of carbonyl (C=O) groups excluding carboxylic acids is 1. The predicted octanol–water partition coefficient (Wildman–Crippen LogP) is 5.77. The van der Waals surface area contributed by atoms with Crippen molar-refractivity contribution in [3.05, 3.63) is 63.4 Å². The maximum atomic E-state index is 13.9. The molecule has 0 saturated carbocycles. The van der Waals surface area contributed by atoms with Crippen LogP contribution >= 0.6 is 11.6 Å². The molecule has 0 aliphatic carbocycles. The summed E-state index contributed by atoms with van der Waals surface area (Å²) >= 11 is 6.14. The van der Waals surface area contributed by atoms with E-state index >= 15 is 0 Å². The second-order valence-corrected chi connectivity index (χ2v) is 6.72. The van der Waals surface area contributed by atoms with Crippen molar-refractivity contribution in [1.29, 1.82) is 0 Å². The average molecular weight is 431 g/mol. The van der Waals surface area contributed by atoms with Crippen LogP contribution < -0.4 is 0 Å². The molecule has 2 aromatic carbocycles. The first-order valence-corrected chi connectivity index (χ1v) is 8.98. The summed E-state index contributed by atoms with van der Waals surface area (Å²) in [5.74, 6) is -1.93. The van der Waals surface area contributed by atoms with Crippen molar-refractivity contribution in [2.45, 2.75) is 26.6 Å². The lowest BCUT2D eigenvalue weighted by Gasteiger charge is -2.12. The van der Waals surface area contributed by atoms with E-state index in [9.17, 15) is 22.4 Å². The van der Waals surface area contributed by atoms with Crippen LogP contribution in [-0.4, -0.2) is 30.8 Å². The Bertz CT molecular complexity index is 929. The highest BCUT2D eigenvalue weighted by Gasteiger charge is 2.31. The Labute approximate surface area is 170 Å². The van der Waals surface area contributed by atoms with Gasteiger partial charge in [0.1, 0.15) is 12.4 Å². The van der Waals surface area contributed by atoms with Gasteiger partial charge in [-0.05, 0) is 43.7 Å². The lowest BCUT2D eigenvalue weighted by molar-refractivity contribution is -0.137. The van der Waals surface area contributed by atoms with Crippen LogP contribution in [-0.2, 0) is 17.5 Å². The predicted molar refractivity (Wildman–Crippen MR) is 103 cm³/mol. The van der Waals surface area contributed by atoms with E-state index < -0.39 is 30.1 Å². The van der Waals surface area contributed by atoms with Crippen molar-refractivity contribution < 1.29 is 27.1 Å². The molecule has 0 atom stereocenters. The van der Waals surface area contributed by atoms with Crippen molar-refractivity contribution in [3.8, 4) is 0 Å². The van der Waals surface area contributed by atoms with Gasteiger partial charge in [0.25, 0.3) is 0 Å². The van der Waals surface area contributed by atoms with Gasteiger partial charge in [0.2, 0.25) is 0 Å². The van der Waals surface area contributed by atoms with Crippen LogP contribution in [0.2, 0.25) is 5.02 Å². The standard InChI is InChI=1S/C20H19ClF4N2O2/c1-4-27(3)11-26-18-9-16(21)15(7-12(18)2)19(28)29-10-13-5-6-14(8-17(13)22)20(23,24)25/h5-9,11H,4,10H2,1-3H3/b26-11+. The SMILES string of the molecule is CCN(C)/C=N/c1cc(Cl)c(C(=O)OCc2ccc(C(F)(F)F)cc2F)cc1C. The molecule has 0 spiro atoms.